The van der Waals surface area contributed by atoms with Gasteiger partial charge in [0.1, 0.15) is 18.3 Å². The Bertz CT molecular complexity index is 946. The number of aromatic nitrogens is 1. The molecule has 0 spiro atoms. The average Bonchev–Trinajstić information content (AvgIpc) is 2.87. The highest BCUT2D eigenvalue weighted by Gasteiger charge is 2.35. The van der Waals surface area contributed by atoms with E-state index in [4.69, 9.17) is 4.98 Å². The predicted octanol–water partition coefficient (Wildman–Crippen LogP) is 2.82. The molecular formula is C28H47N5O4S2. The van der Waals surface area contributed by atoms with Crippen LogP contribution in [-0.2, 0) is 25.9 Å². The summed E-state index contributed by atoms with van der Waals surface area (Å²) in [5.41, 5.74) is 0.860. The van der Waals surface area contributed by atoms with Gasteiger partial charge in [-0.25, -0.2) is 0 Å². The Balaban J connectivity index is 2.24. The van der Waals surface area contributed by atoms with Gasteiger partial charge in [-0.15, -0.1) is 0 Å². The highest BCUT2D eigenvalue weighted by molar-refractivity contribution is 7.98. The van der Waals surface area contributed by atoms with Crippen LogP contribution >= 0.6 is 23.5 Å². The van der Waals surface area contributed by atoms with E-state index in [1.807, 2.05) is 45.9 Å². The van der Waals surface area contributed by atoms with Crippen molar-refractivity contribution in [3.8, 4) is 0 Å². The largest absolute Gasteiger partial charge is 0.379 e. The Labute approximate surface area is 242 Å². The maximum absolute atomic E-state index is 13.4. The van der Waals surface area contributed by atoms with Gasteiger partial charge in [-0.05, 0) is 56.4 Å². The summed E-state index contributed by atoms with van der Waals surface area (Å²) in [5, 5.41) is 22.3. The van der Waals surface area contributed by atoms with Crippen molar-refractivity contribution in [1.29, 1.82) is 0 Å². The molecule has 0 fully saturated rings. The van der Waals surface area contributed by atoms with E-state index in [2.05, 4.69) is 21.3 Å². The number of carbonyl (C=O) groups excluding carboxylic acids is 3. The van der Waals surface area contributed by atoms with Crippen LogP contribution in [0.25, 0.3) is 0 Å². The lowest BCUT2D eigenvalue weighted by atomic mass is 9.96. The number of rotatable bonds is 4. The number of nitrogens with one attached hydrogen (secondary N) is 4. The lowest BCUT2D eigenvalue weighted by Gasteiger charge is -2.32. The van der Waals surface area contributed by atoms with Crippen molar-refractivity contribution in [2.75, 3.05) is 18.1 Å². The van der Waals surface area contributed by atoms with E-state index < -0.39 is 23.9 Å². The fourth-order valence-corrected chi connectivity index (χ4v) is 5.81. The molecule has 0 aromatic carbocycles. The maximum Gasteiger partial charge on any atom is 0.243 e. The van der Waals surface area contributed by atoms with Crippen molar-refractivity contribution < 1.29 is 19.5 Å². The molecule has 220 valence electrons. The van der Waals surface area contributed by atoms with Gasteiger partial charge in [0.05, 0.1) is 16.9 Å². The summed E-state index contributed by atoms with van der Waals surface area (Å²) in [5.74, 6) is 1.95. The number of hydrogen-bond acceptors (Lipinski definition) is 8. The highest BCUT2D eigenvalue weighted by Crippen LogP contribution is 2.17. The van der Waals surface area contributed by atoms with Gasteiger partial charge in [-0.3, -0.25) is 24.7 Å². The van der Waals surface area contributed by atoms with Gasteiger partial charge in [0, 0.05) is 23.8 Å². The molecule has 39 heavy (non-hydrogen) atoms. The van der Waals surface area contributed by atoms with Crippen molar-refractivity contribution in [3.63, 3.8) is 0 Å². The molecule has 5 N–H and O–H groups in total. The third-order valence-electron chi connectivity index (χ3n) is 6.66. The smallest absolute Gasteiger partial charge is 0.243 e. The number of nitrogens with zero attached hydrogens (tertiary/aromatic N) is 1. The minimum atomic E-state index is -1.11. The third kappa shape index (κ3) is 11.7. The van der Waals surface area contributed by atoms with E-state index >= 15 is 0 Å². The van der Waals surface area contributed by atoms with E-state index in [-0.39, 0.29) is 29.6 Å². The van der Waals surface area contributed by atoms with E-state index in [9.17, 15) is 19.5 Å². The van der Waals surface area contributed by atoms with Gasteiger partial charge in [0.25, 0.3) is 0 Å². The molecular weight excluding hydrogens is 534 g/mol. The lowest BCUT2D eigenvalue weighted by Crippen LogP contribution is -2.61. The first kappa shape index (κ1) is 33.4. The van der Waals surface area contributed by atoms with E-state index in [0.717, 1.165) is 28.6 Å². The molecule has 0 aliphatic carbocycles. The third-order valence-corrected chi connectivity index (χ3v) is 8.68. The molecule has 1 aliphatic rings. The van der Waals surface area contributed by atoms with Crippen LogP contribution in [0.3, 0.4) is 0 Å². The molecule has 0 radical (unpaired) electrons. The molecule has 3 amide bonds. The molecule has 1 aromatic heterocycles. The second kappa shape index (κ2) is 16.4. The highest BCUT2D eigenvalue weighted by atomic mass is 32.2. The summed E-state index contributed by atoms with van der Waals surface area (Å²) in [6.45, 7) is 11.7. The Hall–Kier alpha value is -1.82. The summed E-state index contributed by atoms with van der Waals surface area (Å²) in [7, 11) is 0. The molecule has 11 heteroatoms. The minimum Gasteiger partial charge on any atom is -0.379 e. The van der Waals surface area contributed by atoms with Crippen LogP contribution in [0, 0.1) is 11.8 Å². The number of pyridine rings is 1. The SMILES string of the molecule is CC[C@H](C)[C@@H]1NC(=O)[C@H](CC(C)C)NC(=O)C(C)(C)NC(O)CCSCc2cccc(n2)CSCCNC1=O. The molecule has 0 saturated heterocycles. The van der Waals surface area contributed by atoms with E-state index in [0.29, 0.717) is 31.6 Å². The molecule has 2 bridgehead atoms. The zero-order valence-electron chi connectivity index (χ0n) is 24.2. The first-order valence-corrected chi connectivity index (χ1v) is 16.2. The average molecular weight is 582 g/mol. The number of aliphatic hydroxyl groups is 1. The molecule has 0 saturated carbocycles. The van der Waals surface area contributed by atoms with Crippen LogP contribution in [0.15, 0.2) is 18.2 Å². The van der Waals surface area contributed by atoms with Crippen LogP contribution in [0.4, 0.5) is 0 Å². The van der Waals surface area contributed by atoms with Crippen molar-refractivity contribution in [2.45, 2.75) is 96.2 Å². The molecule has 1 unspecified atom stereocenters. The van der Waals surface area contributed by atoms with Crippen LogP contribution in [-0.4, -0.2) is 69.7 Å². The van der Waals surface area contributed by atoms with Crippen LogP contribution in [0.1, 0.15) is 72.2 Å². The lowest BCUT2D eigenvalue weighted by molar-refractivity contribution is -0.135. The van der Waals surface area contributed by atoms with Gasteiger partial charge in [0.15, 0.2) is 0 Å². The van der Waals surface area contributed by atoms with E-state index in [1.165, 1.54) is 0 Å². The number of thioether (sulfide) groups is 2. The molecule has 1 aromatic rings. The Morgan fingerprint density at radius 1 is 1.03 bits per heavy atom. The first-order chi connectivity index (χ1) is 18.4. The van der Waals surface area contributed by atoms with Crippen molar-refractivity contribution in [3.05, 3.63) is 29.6 Å². The second-order valence-electron chi connectivity index (χ2n) is 11.1. The zero-order valence-corrected chi connectivity index (χ0v) is 25.8. The summed E-state index contributed by atoms with van der Waals surface area (Å²) < 4.78 is 0. The van der Waals surface area contributed by atoms with Crippen LogP contribution in [0.2, 0.25) is 0 Å². The van der Waals surface area contributed by atoms with Gasteiger partial charge in [-0.1, -0.05) is 40.2 Å². The summed E-state index contributed by atoms with van der Waals surface area (Å²) in [6.07, 6.45) is 0.705. The molecule has 2 rings (SSSR count). The van der Waals surface area contributed by atoms with Crippen LogP contribution < -0.4 is 21.3 Å². The number of fused-ring (bicyclic) bond motifs is 2. The maximum atomic E-state index is 13.4. The molecule has 1 aliphatic heterocycles. The first-order valence-electron chi connectivity index (χ1n) is 13.9. The summed E-state index contributed by atoms with van der Waals surface area (Å²) in [4.78, 5) is 44.5. The van der Waals surface area contributed by atoms with Gasteiger partial charge in [-0.2, -0.15) is 23.5 Å². The normalized spacial score (nSPS) is 25.4. The fourth-order valence-electron chi connectivity index (χ4n) is 4.15. The number of hydrogen-bond donors (Lipinski definition) is 5. The Morgan fingerprint density at radius 2 is 1.67 bits per heavy atom. The fraction of sp³-hybridized carbons (Fsp3) is 0.714. The topological polar surface area (TPSA) is 132 Å². The standard InChI is InChI=1S/C28H47N5O4S2/c1-7-19(4)24-26(36)29-12-14-39-17-21-10-8-9-20(30-21)16-38-13-11-23(34)33-28(5,6)27(37)31-22(15-18(2)3)25(35)32-24/h8-10,18-19,22-24,33-34H,7,11-17H2,1-6H3,(H,29,36)(H,31,37)(H,32,35)/t19-,22-,23?,24-/m0/s1. The minimum absolute atomic E-state index is 0.0828. The quantitative estimate of drug-likeness (QED) is 0.367. The van der Waals surface area contributed by atoms with Gasteiger partial charge >= 0.3 is 0 Å². The van der Waals surface area contributed by atoms with E-state index in [1.54, 1.807) is 37.4 Å². The van der Waals surface area contributed by atoms with Crippen molar-refractivity contribution in [1.82, 2.24) is 26.3 Å². The van der Waals surface area contributed by atoms with Crippen molar-refractivity contribution >= 4 is 41.2 Å². The predicted molar refractivity (Wildman–Crippen MR) is 160 cm³/mol. The second-order valence-corrected chi connectivity index (χ2v) is 13.3. The molecule has 4 atom stereocenters. The Morgan fingerprint density at radius 3 is 2.28 bits per heavy atom. The van der Waals surface area contributed by atoms with Crippen molar-refractivity contribution in [2.24, 2.45) is 11.8 Å². The number of carbonyl (C=O) groups is 3. The summed E-state index contributed by atoms with van der Waals surface area (Å²) >= 11 is 3.37. The van der Waals surface area contributed by atoms with Gasteiger partial charge < -0.3 is 21.1 Å². The zero-order chi connectivity index (χ0) is 29.0. The molecule has 2 heterocycles. The van der Waals surface area contributed by atoms with Gasteiger partial charge in [0.2, 0.25) is 17.7 Å². The van der Waals surface area contributed by atoms with Crippen LogP contribution in [0.5, 0.6) is 0 Å². The molecule has 9 nitrogen and oxygen atoms in total. The number of aliphatic hydroxyl groups excluding tert-OH is 1. The Kier molecular flexibility index (Phi) is 14.1. The number of amides is 3. The monoisotopic (exact) mass is 581 g/mol. The summed E-state index contributed by atoms with van der Waals surface area (Å²) in [6, 6.07) is 4.49.